The Morgan fingerprint density at radius 2 is 1.93 bits per heavy atom. The third-order valence-corrected chi connectivity index (χ3v) is 4.80. The van der Waals surface area contributed by atoms with Gasteiger partial charge in [-0.3, -0.25) is 4.79 Å². The van der Waals surface area contributed by atoms with Crippen molar-refractivity contribution in [3.8, 4) is 6.07 Å². The summed E-state index contributed by atoms with van der Waals surface area (Å²) in [5, 5.41) is 14.9. The van der Waals surface area contributed by atoms with Gasteiger partial charge in [0, 0.05) is 6.04 Å². The lowest BCUT2D eigenvalue weighted by Gasteiger charge is -2.31. The Morgan fingerprint density at radius 3 is 2.59 bits per heavy atom. The summed E-state index contributed by atoms with van der Waals surface area (Å²) in [5.41, 5.74) is 0.913. The van der Waals surface area contributed by atoms with E-state index in [1.54, 1.807) is 0 Å². The molecular weight excluding hydrogens is 342 g/mol. The van der Waals surface area contributed by atoms with Gasteiger partial charge in [0.2, 0.25) is 5.91 Å². The number of hydrogen-bond acceptors (Lipinski definition) is 4. The van der Waals surface area contributed by atoms with E-state index in [-0.39, 0.29) is 24.5 Å². The van der Waals surface area contributed by atoms with Crippen LogP contribution in [0.15, 0.2) is 30.3 Å². The van der Waals surface area contributed by atoms with E-state index < -0.39 is 12.1 Å². The fourth-order valence-electron chi connectivity index (χ4n) is 3.43. The number of carbonyl (C=O) groups excluding carboxylic acids is 2. The molecule has 27 heavy (non-hydrogen) atoms. The lowest BCUT2D eigenvalue weighted by Crippen LogP contribution is -2.50. The zero-order valence-electron chi connectivity index (χ0n) is 16.1. The Morgan fingerprint density at radius 1 is 1.22 bits per heavy atom. The molecule has 1 fully saturated rings. The number of ether oxygens (including phenoxy) is 1. The van der Waals surface area contributed by atoms with Crippen LogP contribution in [-0.4, -0.2) is 24.1 Å². The average Bonchev–Trinajstić information content (AvgIpc) is 2.66. The van der Waals surface area contributed by atoms with Crippen LogP contribution in [0.1, 0.15) is 51.5 Å². The van der Waals surface area contributed by atoms with Crippen LogP contribution in [-0.2, 0) is 16.1 Å². The quantitative estimate of drug-likeness (QED) is 0.767. The zero-order chi connectivity index (χ0) is 19.6. The monoisotopic (exact) mass is 371 g/mol. The first-order chi connectivity index (χ1) is 13.0. The number of amides is 2. The largest absolute Gasteiger partial charge is 0.445 e. The average molecular weight is 371 g/mol. The van der Waals surface area contributed by atoms with Gasteiger partial charge in [-0.05, 0) is 30.7 Å². The predicted molar refractivity (Wildman–Crippen MR) is 103 cm³/mol. The smallest absolute Gasteiger partial charge is 0.407 e. The van der Waals surface area contributed by atoms with Gasteiger partial charge in [-0.15, -0.1) is 0 Å². The van der Waals surface area contributed by atoms with Crippen molar-refractivity contribution in [3.63, 3.8) is 0 Å². The second-order valence-corrected chi connectivity index (χ2v) is 7.52. The molecule has 0 bridgehead atoms. The maximum absolute atomic E-state index is 12.7. The second kappa shape index (κ2) is 10.6. The van der Waals surface area contributed by atoms with E-state index in [1.807, 2.05) is 44.2 Å². The van der Waals surface area contributed by atoms with Crippen molar-refractivity contribution < 1.29 is 14.3 Å². The van der Waals surface area contributed by atoms with Gasteiger partial charge >= 0.3 is 6.09 Å². The summed E-state index contributed by atoms with van der Waals surface area (Å²) < 4.78 is 5.28. The van der Waals surface area contributed by atoms with E-state index in [2.05, 4.69) is 16.7 Å². The summed E-state index contributed by atoms with van der Waals surface area (Å²) in [6.45, 7) is 4.23. The van der Waals surface area contributed by atoms with Crippen LogP contribution in [0.25, 0.3) is 0 Å². The number of carbonyl (C=O) groups is 2. The number of alkyl carbamates (subject to hydrolysis) is 1. The van der Waals surface area contributed by atoms with E-state index in [4.69, 9.17) is 4.74 Å². The molecule has 0 heterocycles. The highest BCUT2D eigenvalue weighted by Crippen LogP contribution is 2.25. The lowest BCUT2D eigenvalue weighted by atomic mass is 9.83. The third-order valence-electron chi connectivity index (χ3n) is 4.80. The van der Waals surface area contributed by atoms with Crippen molar-refractivity contribution >= 4 is 12.0 Å². The van der Waals surface area contributed by atoms with Gasteiger partial charge in [0.25, 0.3) is 0 Å². The predicted octanol–water partition coefficient (Wildman–Crippen LogP) is 3.53. The van der Waals surface area contributed by atoms with Crippen LogP contribution in [0.2, 0.25) is 0 Å². The van der Waals surface area contributed by atoms with Gasteiger partial charge in [0.1, 0.15) is 12.6 Å². The molecule has 0 saturated heterocycles. The van der Waals surface area contributed by atoms with Crippen LogP contribution in [0, 0.1) is 23.2 Å². The van der Waals surface area contributed by atoms with Gasteiger partial charge < -0.3 is 15.4 Å². The highest BCUT2D eigenvalue weighted by atomic mass is 16.5. The van der Waals surface area contributed by atoms with Crippen molar-refractivity contribution in [1.82, 2.24) is 10.6 Å². The number of nitrogens with one attached hydrogen (secondary N) is 2. The lowest BCUT2D eigenvalue weighted by molar-refractivity contribution is -0.127. The standard InChI is InChI=1S/C21H29N3O3/c1-15(2)12-17(13-22)23-20(25)18-10-6-7-11-19(18)24-21(26)27-14-16-8-4-3-5-9-16/h3-5,8-9,15,17-19H,6-7,10-12,14H2,1-2H3,(H,23,25)(H,24,26)/t17-,18+,19-/m0/s1. The molecule has 2 N–H and O–H groups in total. The Kier molecular flexibility index (Phi) is 8.12. The summed E-state index contributed by atoms with van der Waals surface area (Å²) >= 11 is 0. The molecule has 6 nitrogen and oxygen atoms in total. The molecule has 0 unspecified atom stereocenters. The van der Waals surface area contributed by atoms with Gasteiger partial charge in [0.05, 0.1) is 12.0 Å². The Balaban J connectivity index is 1.88. The van der Waals surface area contributed by atoms with Crippen molar-refractivity contribution in [2.75, 3.05) is 0 Å². The maximum atomic E-state index is 12.7. The maximum Gasteiger partial charge on any atom is 0.407 e. The van der Waals surface area contributed by atoms with E-state index in [1.165, 1.54) is 0 Å². The van der Waals surface area contributed by atoms with E-state index in [0.717, 1.165) is 24.8 Å². The molecule has 1 saturated carbocycles. The van der Waals surface area contributed by atoms with E-state index in [0.29, 0.717) is 18.8 Å². The van der Waals surface area contributed by atoms with Gasteiger partial charge in [-0.1, -0.05) is 57.0 Å². The van der Waals surface area contributed by atoms with Crippen LogP contribution in [0.4, 0.5) is 4.79 Å². The van der Waals surface area contributed by atoms with Crippen LogP contribution >= 0.6 is 0 Å². The second-order valence-electron chi connectivity index (χ2n) is 7.52. The molecule has 0 radical (unpaired) electrons. The van der Waals surface area contributed by atoms with Crippen LogP contribution in [0.5, 0.6) is 0 Å². The van der Waals surface area contributed by atoms with Crippen molar-refractivity contribution in [1.29, 1.82) is 5.26 Å². The molecule has 146 valence electrons. The molecule has 1 aromatic carbocycles. The molecule has 0 spiro atoms. The van der Waals surface area contributed by atoms with Gasteiger partial charge in [-0.25, -0.2) is 4.79 Å². The summed E-state index contributed by atoms with van der Waals surface area (Å²) in [6.07, 6.45) is 3.45. The van der Waals surface area contributed by atoms with Crippen LogP contribution < -0.4 is 10.6 Å². The number of nitriles is 1. The summed E-state index contributed by atoms with van der Waals surface area (Å²) in [5.74, 6) is -0.163. The summed E-state index contributed by atoms with van der Waals surface area (Å²) in [6, 6.07) is 10.9. The third kappa shape index (κ3) is 6.93. The first kappa shape index (κ1) is 20.8. The molecule has 2 amide bonds. The Hall–Kier alpha value is -2.55. The normalized spacial score (nSPS) is 20.4. The Labute approximate surface area is 161 Å². The first-order valence-corrected chi connectivity index (χ1v) is 9.66. The van der Waals surface area contributed by atoms with Crippen molar-refractivity contribution in [2.24, 2.45) is 11.8 Å². The topological polar surface area (TPSA) is 91.2 Å². The van der Waals surface area contributed by atoms with Crippen molar-refractivity contribution in [2.45, 2.75) is 64.6 Å². The SMILES string of the molecule is CC(C)C[C@@H](C#N)NC(=O)[C@@H]1CCCC[C@@H]1NC(=O)OCc1ccccc1. The molecule has 0 aliphatic heterocycles. The molecule has 0 aromatic heterocycles. The highest BCUT2D eigenvalue weighted by Gasteiger charge is 2.33. The minimum Gasteiger partial charge on any atom is -0.445 e. The van der Waals surface area contributed by atoms with Crippen LogP contribution in [0.3, 0.4) is 0 Å². The number of hydrogen-bond donors (Lipinski definition) is 2. The van der Waals surface area contributed by atoms with Gasteiger partial charge in [0.15, 0.2) is 0 Å². The highest BCUT2D eigenvalue weighted by molar-refractivity contribution is 5.81. The minimum atomic E-state index is -0.512. The summed E-state index contributed by atoms with van der Waals surface area (Å²) in [7, 11) is 0. The number of nitrogens with zero attached hydrogens (tertiary/aromatic N) is 1. The molecular formula is C21H29N3O3. The molecule has 1 aliphatic carbocycles. The fraction of sp³-hybridized carbons (Fsp3) is 0.571. The van der Waals surface area contributed by atoms with Gasteiger partial charge in [-0.2, -0.15) is 5.26 Å². The Bertz CT molecular complexity index is 654. The first-order valence-electron chi connectivity index (χ1n) is 9.66. The number of rotatable bonds is 7. The fourth-order valence-corrected chi connectivity index (χ4v) is 3.43. The molecule has 3 atom stereocenters. The molecule has 2 rings (SSSR count). The van der Waals surface area contributed by atoms with Crippen molar-refractivity contribution in [3.05, 3.63) is 35.9 Å². The van der Waals surface area contributed by atoms with E-state index in [9.17, 15) is 14.9 Å². The summed E-state index contributed by atoms with van der Waals surface area (Å²) in [4.78, 5) is 24.8. The van der Waals surface area contributed by atoms with E-state index >= 15 is 0 Å². The molecule has 1 aliphatic rings. The zero-order valence-corrected chi connectivity index (χ0v) is 16.1. The molecule has 6 heteroatoms. The molecule has 1 aromatic rings. The minimum absolute atomic E-state index is 0.157. The number of benzene rings is 1.